The van der Waals surface area contributed by atoms with E-state index < -0.39 is 28.9 Å². The van der Waals surface area contributed by atoms with Gasteiger partial charge in [0.2, 0.25) is 0 Å². The minimum Gasteiger partial charge on any atom is -0.293 e. The Bertz CT molecular complexity index is 706. The van der Waals surface area contributed by atoms with Crippen LogP contribution in [-0.4, -0.2) is 5.78 Å². The Hall–Kier alpha value is -2.03. The number of hydrogen-bond acceptors (Lipinski definition) is 1. The van der Waals surface area contributed by atoms with E-state index >= 15 is 0 Å². The SMILES string of the molecule is Cc1ccc(F)c(C(=O)C2CCCc3ccccc32)c1F. The lowest BCUT2D eigenvalue weighted by Crippen LogP contribution is -2.21. The number of rotatable bonds is 2. The first kappa shape index (κ1) is 13.9. The van der Waals surface area contributed by atoms with E-state index in [0.29, 0.717) is 12.0 Å². The molecule has 0 N–H and O–H groups in total. The fourth-order valence-electron chi connectivity index (χ4n) is 3.08. The van der Waals surface area contributed by atoms with Crippen LogP contribution in [0.25, 0.3) is 0 Å². The first-order valence-electron chi connectivity index (χ1n) is 7.16. The van der Waals surface area contributed by atoms with Crippen molar-refractivity contribution in [2.45, 2.75) is 32.1 Å². The summed E-state index contributed by atoms with van der Waals surface area (Å²) in [6.45, 7) is 1.54. The van der Waals surface area contributed by atoms with E-state index in [1.165, 1.54) is 12.1 Å². The van der Waals surface area contributed by atoms with Crippen LogP contribution in [0.5, 0.6) is 0 Å². The number of halogens is 2. The third kappa shape index (κ3) is 2.37. The van der Waals surface area contributed by atoms with Crippen LogP contribution in [0.1, 0.15) is 45.8 Å². The van der Waals surface area contributed by atoms with Gasteiger partial charge in [0, 0.05) is 5.92 Å². The van der Waals surface area contributed by atoms with Crippen molar-refractivity contribution in [2.75, 3.05) is 0 Å². The summed E-state index contributed by atoms with van der Waals surface area (Å²) in [7, 11) is 0. The summed E-state index contributed by atoms with van der Waals surface area (Å²) in [5.74, 6) is -2.39. The van der Waals surface area contributed by atoms with Crippen molar-refractivity contribution in [3.8, 4) is 0 Å². The lowest BCUT2D eigenvalue weighted by atomic mass is 9.78. The molecule has 2 aromatic carbocycles. The largest absolute Gasteiger partial charge is 0.293 e. The van der Waals surface area contributed by atoms with Crippen molar-refractivity contribution in [1.29, 1.82) is 0 Å². The zero-order valence-corrected chi connectivity index (χ0v) is 11.8. The smallest absolute Gasteiger partial charge is 0.176 e. The van der Waals surface area contributed by atoms with Gasteiger partial charge in [0.05, 0.1) is 5.56 Å². The molecule has 1 atom stereocenters. The van der Waals surface area contributed by atoms with Gasteiger partial charge in [-0.15, -0.1) is 0 Å². The molecule has 0 fully saturated rings. The summed E-state index contributed by atoms with van der Waals surface area (Å²) in [4.78, 5) is 12.7. The molecule has 1 aliphatic carbocycles. The van der Waals surface area contributed by atoms with Crippen molar-refractivity contribution in [3.63, 3.8) is 0 Å². The van der Waals surface area contributed by atoms with Gasteiger partial charge in [-0.2, -0.15) is 0 Å². The van der Waals surface area contributed by atoms with Gasteiger partial charge in [-0.3, -0.25) is 4.79 Å². The molecule has 0 amide bonds. The number of benzene rings is 2. The maximum absolute atomic E-state index is 14.2. The normalized spacial score (nSPS) is 17.4. The van der Waals surface area contributed by atoms with E-state index in [1.807, 2.05) is 24.3 Å². The first-order chi connectivity index (χ1) is 10.1. The minimum atomic E-state index is -0.772. The predicted molar refractivity (Wildman–Crippen MR) is 77.5 cm³/mol. The molecule has 2 aromatic rings. The summed E-state index contributed by atoms with van der Waals surface area (Å²) in [6, 6.07) is 10.2. The van der Waals surface area contributed by atoms with Gasteiger partial charge < -0.3 is 0 Å². The lowest BCUT2D eigenvalue weighted by Gasteiger charge is -2.24. The summed E-state index contributed by atoms with van der Waals surface area (Å²) in [6.07, 6.45) is 2.42. The quantitative estimate of drug-likeness (QED) is 0.739. The van der Waals surface area contributed by atoms with Crippen LogP contribution in [0, 0.1) is 18.6 Å². The third-order valence-electron chi connectivity index (χ3n) is 4.22. The highest BCUT2D eigenvalue weighted by atomic mass is 19.1. The van der Waals surface area contributed by atoms with E-state index in [2.05, 4.69) is 0 Å². The molecular weight excluding hydrogens is 270 g/mol. The molecule has 0 radical (unpaired) electrons. The van der Waals surface area contributed by atoms with Gasteiger partial charge >= 0.3 is 0 Å². The second-order valence-electron chi connectivity index (χ2n) is 5.56. The second-order valence-corrected chi connectivity index (χ2v) is 5.56. The maximum Gasteiger partial charge on any atom is 0.176 e. The standard InChI is InChI=1S/C18H16F2O/c1-11-9-10-15(19)16(17(11)20)18(21)14-8-4-6-12-5-2-3-7-13(12)14/h2-3,5,7,9-10,14H,4,6,8H2,1H3. The van der Waals surface area contributed by atoms with Crippen LogP contribution in [0.4, 0.5) is 8.78 Å². The molecule has 0 aliphatic heterocycles. The van der Waals surface area contributed by atoms with Crippen molar-refractivity contribution in [3.05, 3.63) is 70.3 Å². The highest BCUT2D eigenvalue weighted by molar-refractivity contribution is 6.02. The van der Waals surface area contributed by atoms with Crippen molar-refractivity contribution >= 4 is 5.78 Å². The fraction of sp³-hybridized carbons (Fsp3) is 0.278. The topological polar surface area (TPSA) is 17.1 Å². The number of ketones is 1. The van der Waals surface area contributed by atoms with Gasteiger partial charge in [0.15, 0.2) is 5.78 Å². The summed E-state index contributed by atoms with van der Waals surface area (Å²) in [5.41, 5.74) is 1.92. The van der Waals surface area contributed by atoms with Gasteiger partial charge in [-0.05, 0) is 48.9 Å². The van der Waals surface area contributed by atoms with E-state index in [-0.39, 0.29) is 0 Å². The Kier molecular flexibility index (Phi) is 3.58. The molecule has 3 rings (SSSR count). The van der Waals surface area contributed by atoms with E-state index in [0.717, 1.165) is 24.0 Å². The maximum atomic E-state index is 14.2. The molecule has 0 spiro atoms. The van der Waals surface area contributed by atoms with E-state index in [4.69, 9.17) is 0 Å². The fourth-order valence-corrected chi connectivity index (χ4v) is 3.08. The Morgan fingerprint density at radius 2 is 1.90 bits per heavy atom. The van der Waals surface area contributed by atoms with Crippen LogP contribution in [0.2, 0.25) is 0 Å². The number of aryl methyl sites for hydroxylation is 2. The van der Waals surface area contributed by atoms with E-state index in [1.54, 1.807) is 6.92 Å². The number of carbonyl (C=O) groups is 1. The summed E-state index contributed by atoms with van der Waals surface area (Å²) >= 11 is 0. The molecule has 108 valence electrons. The molecule has 0 saturated carbocycles. The molecule has 1 unspecified atom stereocenters. The number of fused-ring (bicyclic) bond motifs is 1. The Morgan fingerprint density at radius 1 is 1.14 bits per heavy atom. The van der Waals surface area contributed by atoms with Crippen LogP contribution < -0.4 is 0 Å². The third-order valence-corrected chi connectivity index (χ3v) is 4.22. The predicted octanol–water partition coefficient (Wildman–Crippen LogP) is 4.58. The minimum absolute atomic E-state index is 0.295. The lowest BCUT2D eigenvalue weighted by molar-refractivity contribution is 0.0942. The average Bonchev–Trinajstić information content (AvgIpc) is 2.50. The average molecular weight is 286 g/mol. The molecule has 1 aliphatic rings. The Labute approximate surface area is 122 Å². The molecule has 21 heavy (non-hydrogen) atoms. The molecule has 0 bridgehead atoms. The molecule has 0 saturated heterocycles. The van der Waals surface area contributed by atoms with Crippen LogP contribution in [0.15, 0.2) is 36.4 Å². The molecule has 3 heteroatoms. The summed E-state index contributed by atoms with van der Waals surface area (Å²) < 4.78 is 28.1. The van der Waals surface area contributed by atoms with Crippen LogP contribution in [0.3, 0.4) is 0 Å². The monoisotopic (exact) mass is 286 g/mol. The Morgan fingerprint density at radius 3 is 2.71 bits per heavy atom. The van der Waals surface area contributed by atoms with Crippen molar-refractivity contribution < 1.29 is 13.6 Å². The molecule has 0 aromatic heterocycles. The Balaban J connectivity index is 2.07. The second kappa shape index (κ2) is 5.40. The van der Waals surface area contributed by atoms with Gasteiger partial charge in [-0.25, -0.2) is 8.78 Å². The zero-order valence-electron chi connectivity index (χ0n) is 11.8. The summed E-state index contributed by atoms with van der Waals surface area (Å²) in [5, 5.41) is 0. The number of hydrogen-bond donors (Lipinski definition) is 0. The highest BCUT2D eigenvalue weighted by Crippen LogP contribution is 2.35. The van der Waals surface area contributed by atoms with Gasteiger partial charge in [-0.1, -0.05) is 30.3 Å². The molecule has 1 nitrogen and oxygen atoms in total. The van der Waals surface area contributed by atoms with Crippen LogP contribution >= 0.6 is 0 Å². The van der Waals surface area contributed by atoms with Crippen molar-refractivity contribution in [1.82, 2.24) is 0 Å². The van der Waals surface area contributed by atoms with Gasteiger partial charge in [0.1, 0.15) is 11.6 Å². The van der Waals surface area contributed by atoms with E-state index in [9.17, 15) is 13.6 Å². The molecule has 0 heterocycles. The van der Waals surface area contributed by atoms with Gasteiger partial charge in [0.25, 0.3) is 0 Å². The van der Waals surface area contributed by atoms with Crippen LogP contribution in [-0.2, 0) is 6.42 Å². The highest BCUT2D eigenvalue weighted by Gasteiger charge is 2.30. The number of Topliss-reactive ketones (excluding diaryl/α,β-unsaturated/α-hetero) is 1. The molecular formula is C18H16F2O. The zero-order chi connectivity index (χ0) is 15.0. The number of carbonyl (C=O) groups excluding carboxylic acids is 1. The first-order valence-corrected chi connectivity index (χ1v) is 7.16. The van der Waals surface area contributed by atoms with Crippen molar-refractivity contribution in [2.24, 2.45) is 0 Å².